The maximum atomic E-state index is 5.06. The van der Waals surface area contributed by atoms with Gasteiger partial charge in [-0.15, -0.1) is 0 Å². The highest BCUT2D eigenvalue weighted by Gasteiger charge is 2.20. The van der Waals surface area contributed by atoms with Gasteiger partial charge < -0.3 is 14.8 Å². The molecular formula is C29H33N9. The van der Waals surface area contributed by atoms with E-state index in [1.54, 1.807) is 0 Å². The molecule has 5 aromatic heterocycles. The van der Waals surface area contributed by atoms with Crippen molar-refractivity contribution in [3.8, 4) is 22.6 Å². The molecule has 0 aromatic carbocycles. The van der Waals surface area contributed by atoms with Crippen LogP contribution in [-0.2, 0) is 6.54 Å². The fraction of sp³-hybridized carbons (Fsp3) is 0.379. The third-order valence-electron chi connectivity index (χ3n) is 7.94. The Kier molecular flexibility index (Phi) is 6.02. The zero-order valence-corrected chi connectivity index (χ0v) is 21.8. The number of piperazine rings is 1. The van der Waals surface area contributed by atoms with Gasteiger partial charge in [-0.25, -0.2) is 9.97 Å². The van der Waals surface area contributed by atoms with Crippen molar-refractivity contribution in [1.82, 2.24) is 39.9 Å². The van der Waals surface area contributed by atoms with Crippen LogP contribution in [0.3, 0.4) is 0 Å². The molecule has 2 aliphatic heterocycles. The summed E-state index contributed by atoms with van der Waals surface area (Å²) >= 11 is 0. The molecule has 2 N–H and O–H groups in total. The average molecular weight is 508 g/mol. The molecule has 0 bridgehead atoms. The largest absolute Gasteiger partial charge is 0.353 e. The quantitative estimate of drug-likeness (QED) is 0.366. The summed E-state index contributed by atoms with van der Waals surface area (Å²) in [5, 5.41) is 8.95. The lowest BCUT2D eigenvalue weighted by atomic mass is 10.1. The molecule has 194 valence electrons. The van der Waals surface area contributed by atoms with E-state index in [2.05, 4.69) is 60.1 Å². The molecule has 0 spiro atoms. The summed E-state index contributed by atoms with van der Waals surface area (Å²) in [6.45, 7) is 7.32. The van der Waals surface area contributed by atoms with Gasteiger partial charge in [0.1, 0.15) is 17.0 Å². The van der Waals surface area contributed by atoms with Crippen molar-refractivity contribution in [3.05, 3.63) is 54.5 Å². The van der Waals surface area contributed by atoms with Gasteiger partial charge in [-0.1, -0.05) is 6.42 Å². The Hall–Kier alpha value is -3.82. The summed E-state index contributed by atoms with van der Waals surface area (Å²) < 4.78 is 0. The van der Waals surface area contributed by atoms with Crippen molar-refractivity contribution < 1.29 is 0 Å². The highest BCUT2D eigenvalue weighted by Crippen LogP contribution is 2.33. The van der Waals surface area contributed by atoms with E-state index in [4.69, 9.17) is 9.97 Å². The number of hydrogen-bond donors (Lipinski definition) is 2. The third kappa shape index (κ3) is 4.41. The lowest BCUT2D eigenvalue weighted by Crippen LogP contribution is -2.44. The smallest absolute Gasteiger partial charge is 0.138 e. The molecule has 2 saturated heterocycles. The van der Waals surface area contributed by atoms with Crippen LogP contribution < -0.4 is 4.90 Å². The van der Waals surface area contributed by atoms with Crippen molar-refractivity contribution in [2.45, 2.75) is 25.8 Å². The number of pyridine rings is 3. The van der Waals surface area contributed by atoms with E-state index < -0.39 is 0 Å². The number of fused-ring (bicyclic) bond motifs is 2. The van der Waals surface area contributed by atoms with Crippen LogP contribution in [0.2, 0.25) is 0 Å². The number of aromatic nitrogens is 6. The summed E-state index contributed by atoms with van der Waals surface area (Å²) in [5.41, 5.74) is 7.76. The monoisotopic (exact) mass is 507 g/mol. The lowest BCUT2D eigenvalue weighted by Gasteiger charge is -2.33. The first-order valence-electron chi connectivity index (χ1n) is 13.6. The molecule has 38 heavy (non-hydrogen) atoms. The molecule has 9 nitrogen and oxygen atoms in total. The summed E-state index contributed by atoms with van der Waals surface area (Å²) in [5.74, 6) is 1.03. The maximum absolute atomic E-state index is 5.06. The minimum Gasteiger partial charge on any atom is -0.353 e. The van der Waals surface area contributed by atoms with Gasteiger partial charge in [-0.2, -0.15) is 5.10 Å². The molecule has 2 aliphatic rings. The Morgan fingerprint density at radius 2 is 1.76 bits per heavy atom. The van der Waals surface area contributed by atoms with Gasteiger partial charge in [0.15, 0.2) is 0 Å². The van der Waals surface area contributed by atoms with E-state index in [1.165, 1.54) is 37.9 Å². The Bertz CT molecular complexity index is 1570. The first kappa shape index (κ1) is 23.3. The van der Waals surface area contributed by atoms with Gasteiger partial charge in [-0.05, 0) is 68.9 Å². The number of hydrogen-bond acceptors (Lipinski definition) is 7. The standard InChI is InChI=1S/C29H33N9/c1-36-11-13-38(14-12-36)29-22-16-26(32-24(22)7-8-31-29)28-27-25(34-35-28)6-5-23(33-27)21-15-20(17-30-18-21)19-37-9-3-2-4-10-37/h5-8,15-18,32H,2-4,9-14,19H2,1H3,(H,34,35). The fourth-order valence-corrected chi connectivity index (χ4v) is 5.77. The number of nitrogens with zero attached hydrogens (tertiary/aromatic N) is 7. The van der Waals surface area contributed by atoms with Crippen LogP contribution in [0.4, 0.5) is 5.82 Å². The molecule has 2 fully saturated rings. The first-order valence-corrected chi connectivity index (χ1v) is 13.6. The van der Waals surface area contributed by atoms with Crippen LogP contribution in [0.15, 0.2) is 48.9 Å². The number of likely N-dealkylation sites (tertiary alicyclic amines) is 1. The number of anilines is 1. The molecule has 0 amide bonds. The van der Waals surface area contributed by atoms with Crippen LogP contribution in [0, 0.1) is 0 Å². The lowest BCUT2D eigenvalue weighted by molar-refractivity contribution is 0.220. The third-order valence-corrected chi connectivity index (χ3v) is 7.94. The Morgan fingerprint density at radius 3 is 2.63 bits per heavy atom. The summed E-state index contributed by atoms with van der Waals surface area (Å²) in [6, 6.07) is 10.5. The molecule has 0 unspecified atom stereocenters. The SMILES string of the molecule is CN1CCN(c2nccc3[nH]c(-c4n[nH]c5ccc(-c6cncc(CN7CCCCC7)c6)nc45)cc23)CC1. The van der Waals surface area contributed by atoms with Gasteiger partial charge in [0.25, 0.3) is 0 Å². The number of rotatable bonds is 5. The topological polar surface area (TPSA) is 92.9 Å². The number of piperidine rings is 1. The minimum absolute atomic E-state index is 0.819. The summed E-state index contributed by atoms with van der Waals surface area (Å²) in [6.07, 6.45) is 9.69. The van der Waals surface area contributed by atoms with E-state index >= 15 is 0 Å². The first-order chi connectivity index (χ1) is 18.7. The van der Waals surface area contributed by atoms with Crippen LogP contribution >= 0.6 is 0 Å². The van der Waals surface area contributed by atoms with Crippen molar-refractivity contribution in [1.29, 1.82) is 0 Å². The van der Waals surface area contributed by atoms with Crippen LogP contribution in [-0.4, -0.2) is 86.2 Å². The van der Waals surface area contributed by atoms with Gasteiger partial charge in [0, 0.05) is 62.3 Å². The minimum atomic E-state index is 0.819. The summed E-state index contributed by atoms with van der Waals surface area (Å²) in [7, 11) is 2.17. The average Bonchev–Trinajstić information content (AvgIpc) is 3.58. The highest BCUT2D eigenvalue weighted by molar-refractivity contribution is 5.98. The van der Waals surface area contributed by atoms with E-state index in [9.17, 15) is 0 Å². The molecule has 0 atom stereocenters. The Labute approximate surface area is 221 Å². The Morgan fingerprint density at radius 1 is 0.895 bits per heavy atom. The fourth-order valence-electron chi connectivity index (χ4n) is 5.77. The Balaban J connectivity index is 1.22. The molecule has 5 aromatic rings. The normalized spacial score (nSPS) is 17.6. The van der Waals surface area contributed by atoms with Gasteiger partial charge in [-0.3, -0.25) is 15.0 Å². The van der Waals surface area contributed by atoms with Crippen LogP contribution in [0.5, 0.6) is 0 Å². The maximum Gasteiger partial charge on any atom is 0.138 e. The zero-order valence-electron chi connectivity index (χ0n) is 21.8. The van der Waals surface area contributed by atoms with E-state index in [0.717, 1.165) is 83.1 Å². The molecule has 0 aliphatic carbocycles. The van der Waals surface area contributed by atoms with Crippen molar-refractivity contribution >= 4 is 27.8 Å². The van der Waals surface area contributed by atoms with Gasteiger partial charge >= 0.3 is 0 Å². The predicted octanol–water partition coefficient (Wildman–Crippen LogP) is 4.30. The van der Waals surface area contributed by atoms with Crippen molar-refractivity contribution in [2.24, 2.45) is 0 Å². The van der Waals surface area contributed by atoms with Gasteiger partial charge in [0.2, 0.25) is 0 Å². The highest BCUT2D eigenvalue weighted by atomic mass is 15.3. The number of H-pyrrole nitrogens is 2. The van der Waals surface area contributed by atoms with Gasteiger partial charge in [0.05, 0.1) is 22.4 Å². The predicted molar refractivity (Wildman–Crippen MR) is 151 cm³/mol. The van der Waals surface area contributed by atoms with Crippen LogP contribution in [0.25, 0.3) is 44.6 Å². The van der Waals surface area contributed by atoms with E-state index in [-0.39, 0.29) is 0 Å². The number of nitrogens with one attached hydrogen (secondary N) is 2. The summed E-state index contributed by atoms with van der Waals surface area (Å²) in [4.78, 5) is 25.2. The van der Waals surface area contributed by atoms with E-state index in [1.807, 2.05) is 30.7 Å². The second-order valence-electron chi connectivity index (χ2n) is 10.7. The second-order valence-corrected chi connectivity index (χ2v) is 10.7. The number of aromatic amines is 2. The molecule has 0 radical (unpaired) electrons. The molecular weight excluding hydrogens is 474 g/mol. The molecule has 7 heterocycles. The molecule has 7 rings (SSSR count). The number of likely N-dealkylation sites (N-methyl/N-ethyl adjacent to an activating group) is 1. The van der Waals surface area contributed by atoms with Crippen molar-refractivity contribution in [3.63, 3.8) is 0 Å². The van der Waals surface area contributed by atoms with E-state index in [0.29, 0.717) is 0 Å². The zero-order chi connectivity index (χ0) is 25.5. The second kappa shape index (κ2) is 9.81. The van der Waals surface area contributed by atoms with Crippen LogP contribution in [0.1, 0.15) is 24.8 Å². The molecule has 0 saturated carbocycles. The molecule has 9 heteroatoms. The van der Waals surface area contributed by atoms with Crippen molar-refractivity contribution in [2.75, 3.05) is 51.2 Å².